The first-order valence-electron chi connectivity index (χ1n) is 4.96. The van der Waals surface area contributed by atoms with Crippen LogP contribution in [0.4, 0.5) is 0 Å². The van der Waals surface area contributed by atoms with Crippen molar-refractivity contribution in [2.45, 2.75) is 26.9 Å². The fraction of sp³-hybridized carbons (Fsp3) is 0.667. The van der Waals surface area contributed by atoms with Gasteiger partial charge in [0.15, 0.2) is 9.84 Å². The Bertz CT molecular complexity index is 470. The molecule has 0 atom stereocenters. The molecular weight excluding hydrogens is 216 g/mol. The summed E-state index contributed by atoms with van der Waals surface area (Å²) < 4.78 is 25.4. The van der Waals surface area contributed by atoms with Crippen molar-refractivity contribution < 1.29 is 8.42 Å². The molecule has 0 aliphatic rings. The third kappa shape index (κ3) is 2.95. The second-order valence-electron chi connectivity index (χ2n) is 3.30. The first-order valence-corrected chi connectivity index (χ1v) is 6.78. The van der Waals surface area contributed by atoms with Crippen LogP contribution < -0.4 is 5.69 Å². The van der Waals surface area contributed by atoms with Gasteiger partial charge in [-0.05, 0) is 6.92 Å². The molecule has 0 radical (unpaired) electrons. The lowest BCUT2D eigenvalue weighted by atomic mass is 10.7. The predicted octanol–water partition coefficient (Wildman–Crippen LogP) is 0.104. The lowest BCUT2D eigenvalue weighted by molar-refractivity contribution is 0.585. The molecular formula is C9H16N2O3S. The number of aryl methyl sites for hydroxylation is 2. The molecule has 0 saturated heterocycles. The molecule has 0 fully saturated rings. The Morgan fingerprint density at radius 2 is 1.80 bits per heavy atom. The fourth-order valence-corrected chi connectivity index (χ4v) is 2.01. The van der Waals surface area contributed by atoms with Crippen LogP contribution in [0.1, 0.15) is 13.8 Å². The monoisotopic (exact) mass is 232 g/mol. The molecule has 1 rings (SSSR count). The normalized spacial score (nSPS) is 11.9. The molecule has 0 aliphatic heterocycles. The summed E-state index contributed by atoms with van der Waals surface area (Å²) in [6.45, 7) is 4.32. The third-order valence-corrected chi connectivity index (χ3v) is 4.03. The van der Waals surface area contributed by atoms with Crippen LogP contribution in [0.3, 0.4) is 0 Å². The number of sulfone groups is 1. The number of aromatic nitrogens is 2. The Hall–Kier alpha value is -1.04. The SMILES string of the molecule is CCn1ccn(CCS(=O)(=O)CC)c1=O. The van der Waals surface area contributed by atoms with E-state index >= 15 is 0 Å². The van der Waals surface area contributed by atoms with Crippen LogP contribution in [0.2, 0.25) is 0 Å². The third-order valence-electron chi connectivity index (χ3n) is 2.34. The molecule has 5 nitrogen and oxygen atoms in total. The van der Waals surface area contributed by atoms with Gasteiger partial charge in [0.2, 0.25) is 0 Å². The highest BCUT2D eigenvalue weighted by Gasteiger charge is 2.09. The molecule has 15 heavy (non-hydrogen) atoms. The lowest BCUT2D eigenvalue weighted by Gasteiger charge is -2.01. The van der Waals surface area contributed by atoms with E-state index in [-0.39, 0.29) is 23.7 Å². The summed E-state index contributed by atoms with van der Waals surface area (Å²) in [7, 11) is -3.00. The molecule has 6 heteroatoms. The van der Waals surface area contributed by atoms with E-state index < -0.39 is 9.84 Å². The molecule has 0 aromatic carbocycles. The van der Waals surface area contributed by atoms with Crippen LogP contribution in [0.25, 0.3) is 0 Å². The van der Waals surface area contributed by atoms with E-state index in [0.717, 1.165) is 0 Å². The second kappa shape index (κ2) is 4.65. The van der Waals surface area contributed by atoms with Gasteiger partial charge in [0.1, 0.15) is 0 Å². The Morgan fingerprint density at radius 1 is 1.20 bits per heavy atom. The summed E-state index contributed by atoms with van der Waals surface area (Å²) in [6, 6.07) is 0. The zero-order valence-corrected chi connectivity index (χ0v) is 9.83. The van der Waals surface area contributed by atoms with Gasteiger partial charge in [-0.1, -0.05) is 6.92 Å². The van der Waals surface area contributed by atoms with Crippen molar-refractivity contribution in [2.75, 3.05) is 11.5 Å². The zero-order valence-electron chi connectivity index (χ0n) is 9.01. The van der Waals surface area contributed by atoms with E-state index in [1.807, 2.05) is 6.92 Å². The highest BCUT2D eigenvalue weighted by Crippen LogP contribution is 1.92. The summed E-state index contributed by atoms with van der Waals surface area (Å²) in [5.74, 6) is 0.146. The van der Waals surface area contributed by atoms with Crippen molar-refractivity contribution in [1.29, 1.82) is 0 Å². The van der Waals surface area contributed by atoms with Gasteiger partial charge in [-0.25, -0.2) is 13.2 Å². The van der Waals surface area contributed by atoms with Crippen molar-refractivity contribution in [2.24, 2.45) is 0 Å². The lowest BCUT2D eigenvalue weighted by Crippen LogP contribution is -2.26. The Kier molecular flexibility index (Phi) is 3.73. The van der Waals surface area contributed by atoms with Gasteiger partial charge in [0.05, 0.1) is 5.75 Å². The Morgan fingerprint density at radius 3 is 2.27 bits per heavy atom. The molecule has 1 heterocycles. The Balaban J connectivity index is 2.75. The maximum atomic E-state index is 11.5. The highest BCUT2D eigenvalue weighted by molar-refractivity contribution is 7.91. The summed E-state index contributed by atoms with van der Waals surface area (Å²) in [5.41, 5.74) is -0.149. The summed E-state index contributed by atoms with van der Waals surface area (Å²) in [4.78, 5) is 11.5. The van der Waals surface area contributed by atoms with Crippen LogP contribution in [-0.4, -0.2) is 29.1 Å². The molecule has 0 aliphatic carbocycles. The van der Waals surface area contributed by atoms with Crippen molar-refractivity contribution in [3.63, 3.8) is 0 Å². The number of nitrogens with zero attached hydrogens (tertiary/aromatic N) is 2. The predicted molar refractivity (Wildman–Crippen MR) is 58.7 cm³/mol. The van der Waals surface area contributed by atoms with Gasteiger partial charge >= 0.3 is 5.69 Å². The molecule has 0 unspecified atom stereocenters. The van der Waals surface area contributed by atoms with Crippen molar-refractivity contribution >= 4 is 9.84 Å². The Labute approximate surface area is 89.3 Å². The minimum atomic E-state index is -3.00. The minimum Gasteiger partial charge on any atom is -0.300 e. The summed E-state index contributed by atoms with van der Waals surface area (Å²) >= 11 is 0. The fourth-order valence-electron chi connectivity index (χ4n) is 1.25. The van der Waals surface area contributed by atoms with E-state index in [0.29, 0.717) is 6.54 Å². The van der Waals surface area contributed by atoms with Crippen LogP contribution in [0, 0.1) is 0 Å². The van der Waals surface area contributed by atoms with Gasteiger partial charge in [0.25, 0.3) is 0 Å². The molecule has 0 amide bonds. The van der Waals surface area contributed by atoms with Crippen molar-refractivity contribution in [3.05, 3.63) is 22.9 Å². The molecule has 0 bridgehead atoms. The van der Waals surface area contributed by atoms with Crippen LogP contribution in [0.5, 0.6) is 0 Å². The molecule has 86 valence electrons. The topological polar surface area (TPSA) is 61.1 Å². The maximum Gasteiger partial charge on any atom is 0.328 e. The van der Waals surface area contributed by atoms with Gasteiger partial charge in [-0.2, -0.15) is 0 Å². The standard InChI is InChI=1S/C9H16N2O3S/c1-3-10-5-6-11(9(10)12)7-8-15(13,14)4-2/h5-6H,3-4,7-8H2,1-2H3. The van der Waals surface area contributed by atoms with Gasteiger partial charge in [0, 0.05) is 31.2 Å². The summed E-state index contributed by atoms with van der Waals surface area (Å²) in [6.07, 6.45) is 3.29. The molecule has 0 N–H and O–H groups in total. The van der Waals surface area contributed by atoms with Crippen molar-refractivity contribution in [1.82, 2.24) is 9.13 Å². The average molecular weight is 232 g/mol. The number of hydrogen-bond donors (Lipinski definition) is 0. The highest BCUT2D eigenvalue weighted by atomic mass is 32.2. The van der Waals surface area contributed by atoms with E-state index in [4.69, 9.17) is 0 Å². The molecule has 1 aromatic heterocycles. The van der Waals surface area contributed by atoms with E-state index in [1.54, 1.807) is 23.9 Å². The first-order chi connectivity index (χ1) is 7.00. The minimum absolute atomic E-state index is 0.0249. The van der Waals surface area contributed by atoms with E-state index in [2.05, 4.69) is 0 Å². The molecule has 0 saturated carbocycles. The van der Waals surface area contributed by atoms with Gasteiger partial charge < -0.3 is 0 Å². The quantitative estimate of drug-likeness (QED) is 0.723. The zero-order chi connectivity index (χ0) is 11.5. The van der Waals surface area contributed by atoms with Gasteiger partial charge in [-0.15, -0.1) is 0 Å². The first kappa shape index (κ1) is 12.0. The summed E-state index contributed by atoms with van der Waals surface area (Å²) in [5, 5.41) is 0. The number of hydrogen-bond acceptors (Lipinski definition) is 3. The molecule has 1 aromatic rings. The van der Waals surface area contributed by atoms with Crippen LogP contribution in [-0.2, 0) is 22.9 Å². The van der Waals surface area contributed by atoms with Gasteiger partial charge in [-0.3, -0.25) is 9.13 Å². The van der Waals surface area contributed by atoms with Crippen molar-refractivity contribution in [3.8, 4) is 0 Å². The maximum absolute atomic E-state index is 11.5. The molecule has 0 spiro atoms. The van der Waals surface area contributed by atoms with Crippen LogP contribution >= 0.6 is 0 Å². The van der Waals surface area contributed by atoms with Crippen LogP contribution in [0.15, 0.2) is 17.2 Å². The second-order valence-corrected chi connectivity index (χ2v) is 5.77. The van der Waals surface area contributed by atoms with E-state index in [1.165, 1.54) is 4.57 Å². The van der Waals surface area contributed by atoms with E-state index in [9.17, 15) is 13.2 Å². The number of rotatable bonds is 5. The largest absolute Gasteiger partial charge is 0.328 e. The average Bonchev–Trinajstić information content (AvgIpc) is 2.57. The smallest absolute Gasteiger partial charge is 0.300 e. The number of imidazole rings is 1.